The molecule has 0 spiro atoms. The molecule has 1 amide bonds. The van der Waals surface area contributed by atoms with Crippen molar-refractivity contribution in [3.8, 4) is 5.75 Å². The lowest BCUT2D eigenvalue weighted by Crippen LogP contribution is -2.30. The van der Waals surface area contributed by atoms with Crippen LogP contribution in [0.25, 0.3) is 0 Å². The summed E-state index contributed by atoms with van der Waals surface area (Å²) >= 11 is 3.41. The van der Waals surface area contributed by atoms with E-state index in [1.807, 2.05) is 18.2 Å². The maximum atomic E-state index is 12.0. The van der Waals surface area contributed by atoms with E-state index in [0.29, 0.717) is 12.3 Å². The third-order valence-corrected chi connectivity index (χ3v) is 4.03. The van der Waals surface area contributed by atoms with Gasteiger partial charge in [0.2, 0.25) is 5.91 Å². The molecular formula is C15H21BrN2O2. The highest BCUT2D eigenvalue weighted by atomic mass is 79.9. The Hall–Kier alpha value is -1.07. The quantitative estimate of drug-likeness (QED) is 0.865. The molecule has 1 aliphatic heterocycles. The van der Waals surface area contributed by atoms with E-state index >= 15 is 0 Å². The molecule has 2 rings (SSSR count). The van der Waals surface area contributed by atoms with Crippen molar-refractivity contribution in [2.45, 2.75) is 25.7 Å². The number of nitrogens with one attached hydrogen (secondary N) is 2. The topological polar surface area (TPSA) is 50.4 Å². The van der Waals surface area contributed by atoms with Gasteiger partial charge in [-0.1, -0.05) is 15.9 Å². The number of benzene rings is 1. The van der Waals surface area contributed by atoms with Crippen molar-refractivity contribution in [2.75, 3.05) is 25.5 Å². The Morgan fingerprint density at radius 3 is 3.05 bits per heavy atom. The van der Waals surface area contributed by atoms with Gasteiger partial charge in [0.25, 0.3) is 0 Å². The van der Waals surface area contributed by atoms with Gasteiger partial charge in [-0.2, -0.15) is 0 Å². The number of carbonyl (C=O) groups excluding carboxylic acids is 1. The molecule has 1 aromatic carbocycles. The third kappa shape index (κ3) is 4.80. The Morgan fingerprint density at radius 2 is 2.35 bits per heavy atom. The molecule has 1 aromatic rings. The molecule has 1 heterocycles. The van der Waals surface area contributed by atoms with Gasteiger partial charge < -0.3 is 15.4 Å². The molecule has 4 nitrogen and oxygen atoms in total. The van der Waals surface area contributed by atoms with E-state index in [1.54, 1.807) is 7.11 Å². The second kappa shape index (κ2) is 7.64. The lowest BCUT2D eigenvalue weighted by atomic mass is 9.94. The molecule has 5 heteroatoms. The highest BCUT2D eigenvalue weighted by molar-refractivity contribution is 9.10. The third-order valence-electron chi connectivity index (χ3n) is 3.57. The number of carbonyl (C=O) groups is 1. The fourth-order valence-electron chi connectivity index (χ4n) is 2.48. The van der Waals surface area contributed by atoms with Crippen LogP contribution in [-0.4, -0.2) is 26.1 Å². The van der Waals surface area contributed by atoms with Gasteiger partial charge in [0.05, 0.1) is 7.11 Å². The summed E-state index contributed by atoms with van der Waals surface area (Å²) < 4.78 is 6.08. The molecule has 20 heavy (non-hydrogen) atoms. The summed E-state index contributed by atoms with van der Waals surface area (Å²) in [5, 5.41) is 6.30. The van der Waals surface area contributed by atoms with Crippen molar-refractivity contribution >= 4 is 27.5 Å². The van der Waals surface area contributed by atoms with Gasteiger partial charge in [0, 0.05) is 22.6 Å². The molecular weight excluding hydrogens is 320 g/mol. The number of rotatable bonds is 5. The highest BCUT2D eigenvalue weighted by Crippen LogP contribution is 2.25. The average molecular weight is 341 g/mol. The van der Waals surface area contributed by atoms with Crippen molar-refractivity contribution in [1.29, 1.82) is 0 Å². The van der Waals surface area contributed by atoms with E-state index in [2.05, 4.69) is 26.6 Å². The van der Waals surface area contributed by atoms with Gasteiger partial charge >= 0.3 is 0 Å². The molecule has 0 aromatic heterocycles. The van der Waals surface area contributed by atoms with Crippen molar-refractivity contribution in [3.63, 3.8) is 0 Å². The minimum atomic E-state index is 0.0655. The zero-order valence-electron chi connectivity index (χ0n) is 11.7. The maximum Gasteiger partial charge on any atom is 0.224 e. The van der Waals surface area contributed by atoms with Crippen LogP contribution in [0.1, 0.15) is 25.7 Å². The Morgan fingerprint density at radius 1 is 1.50 bits per heavy atom. The summed E-state index contributed by atoms with van der Waals surface area (Å²) in [4.78, 5) is 12.0. The van der Waals surface area contributed by atoms with Crippen LogP contribution in [0, 0.1) is 5.92 Å². The number of hydrogen-bond donors (Lipinski definition) is 2. The highest BCUT2D eigenvalue weighted by Gasteiger charge is 2.14. The van der Waals surface area contributed by atoms with Crippen LogP contribution >= 0.6 is 15.9 Å². The summed E-state index contributed by atoms with van der Waals surface area (Å²) in [6.07, 6.45) is 3.96. The molecule has 1 fully saturated rings. The van der Waals surface area contributed by atoms with Gasteiger partial charge in [0.1, 0.15) is 5.75 Å². The van der Waals surface area contributed by atoms with Crippen molar-refractivity contribution in [3.05, 3.63) is 22.7 Å². The number of methoxy groups -OCH3 is 1. The molecule has 1 aliphatic rings. The predicted molar refractivity (Wildman–Crippen MR) is 84.2 cm³/mol. The SMILES string of the molecule is COc1cc(Br)cc(NC(=O)CCC2CCCNC2)c1. The number of piperidine rings is 1. The van der Waals surface area contributed by atoms with E-state index < -0.39 is 0 Å². The van der Waals surface area contributed by atoms with Crippen molar-refractivity contribution < 1.29 is 9.53 Å². The first-order valence-electron chi connectivity index (χ1n) is 7.02. The molecule has 0 bridgehead atoms. The minimum Gasteiger partial charge on any atom is -0.497 e. The van der Waals surface area contributed by atoms with Crippen molar-refractivity contribution in [1.82, 2.24) is 5.32 Å². The largest absolute Gasteiger partial charge is 0.497 e. The second-order valence-electron chi connectivity index (χ2n) is 5.18. The van der Waals surface area contributed by atoms with Gasteiger partial charge in [-0.15, -0.1) is 0 Å². The summed E-state index contributed by atoms with van der Waals surface area (Å²) in [5.74, 6) is 1.42. The van der Waals surface area contributed by atoms with Gasteiger partial charge in [0.15, 0.2) is 0 Å². The summed E-state index contributed by atoms with van der Waals surface area (Å²) in [7, 11) is 1.61. The molecule has 1 saturated heterocycles. The van der Waals surface area contributed by atoms with E-state index in [0.717, 1.165) is 35.4 Å². The molecule has 0 radical (unpaired) electrons. The van der Waals surface area contributed by atoms with Gasteiger partial charge in [-0.3, -0.25) is 4.79 Å². The van der Waals surface area contributed by atoms with E-state index in [4.69, 9.17) is 4.74 Å². The molecule has 1 unspecified atom stereocenters. The first kappa shape index (κ1) is 15.3. The first-order chi connectivity index (χ1) is 9.67. The molecule has 0 saturated carbocycles. The van der Waals surface area contributed by atoms with Crippen LogP contribution in [0.5, 0.6) is 5.75 Å². The summed E-state index contributed by atoms with van der Waals surface area (Å²) in [6, 6.07) is 5.57. The monoisotopic (exact) mass is 340 g/mol. The number of anilines is 1. The molecule has 1 atom stereocenters. The van der Waals surface area contributed by atoms with Gasteiger partial charge in [-0.25, -0.2) is 0 Å². The van der Waals surface area contributed by atoms with Crippen LogP contribution in [0.2, 0.25) is 0 Å². The molecule has 110 valence electrons. The lowest BCUT2D eigenvalue weighted by molar-refractivity contribution is -0.116. The molecule has 2 N–H and O–H groups in total. The number of halogens is 1. The van der Waals surface area contributed by atoms with Crippen LogP contribution in [0.4, 0.5) is 5.69 Å². The van der Waals surface area contributed by atoms with Crippen LogP contribution in [0.15, 0.2) is 22.7 Å². The zero-order chi connectivity index (χ0) is 14.4. The summed E-state index contributed by atoms with van der Waals surface area (Å²) in [6.45, 7) is 2.15. The Bertz CT molecular complexity index is 459. The maximum absolute atomic E-state index is 12.0. The van der Waals surface area contributed by atoms with Crippen LogP contribution in [-0.2, 0) is 4.79 Å². The number of hydrogen-bond acceptors (Lipinski definition) is 3. The standard InChI is InChI=1S/C15H21BrN2O2/c1-20-14-8-12(16)7-13(9-14)18-15(19)5-4-11-3-2-6-17-10-11/h7-9,11,17H,2-6,10H2,1H3,(H,18,19). The number of ether oxygens (including phenoxy) is 1. The number of amides is 1. The average Bonchev–Trinajstić information content (AvgIpc) is 2.45. The normalized spacial score (nSPS) is 18.6. The fraction of sp³-hybridized carbons (Fsp3) is 0.533. The van der Waals surface area contributed by atoms with E-state index in [9.17, 15) is 4.79 Å². The smallest absolute Gasteiger partial charge is 0.224 e. The van der Waals surface area contributed by atoms with E-state index in [1.165, 1.54) is 12.8 Å². The van der Waals surface area contributed by atoms with E-state index in [-0.39, 0.29) is 5.91 Å². The Kier molecular flexibility index (Phi) is 5.86. The molecule has 0 aliphatic carbocycles. The van der Waals surface area contributed by atoms with Crippen LogP contribution < -0.4 is 15.4 Å². The van der Waals surface area contributed by atoms with Crippen molar-refractivity contribution in [2.24, 2.45) is 5.92 Å². The Labute approximate surface area is 128 Å². The van der Waals surface area contributed by atoms with Gasteiger partial charge in [-0.05, 0) is 50.4 Å². The minimum absolute atomic E-state index is 0.0655. The zero-order valence-corrected chi connectivity index (χ0v) is 13.3. The summed E-state index contributed by atoms with van der Waals surface area (Å²) in [5.41, 5.74) is 0.767. The lowest BCUT2D eigenvalue weighted by Gasteiger charge is -2.22. The first-order valence-corrected chi connectivity index (χ1v) is 7.82. The second-order valence-corrected chi connectivity index (χ2v) is 6.09. The Balaban J connectivity index is 1.83. The van der Waals surface area contributed by atoms with Crippen LogP contribution in [0.3, 0.4) is 0 Å². The fourth-order valence-corrected chi connectivity index (χ4v) is 2.95. The predicted octanol–water partition coefficient (Wildman–Crippen LogP) is 3.18.